The molecule has 0 aliphatic heterocycles. The van der Waals surface area contributed by atoms with Crippen LogP contribution >= 0.6 is 0 Å². The minimum atomic E-state index is -0.737. The van der Waals surface area contributed by atoms with E-state index >= 15 is 0 Å². The molecule has 0 fully saturated rings. The van der Waals surface area contributed by atoms with Gasteiger partial charge in [0.25, 0.3) is 11.4 Å². The van der Waals surface area contributed by atoms with Crippen molar-refractivity contribution in [2.45, 2.75) is 13.8 Å². The molecule has 0 bridgehead atoms. The molecule has 0 radical (unpaired) electrons. The molecule has 0 saturated heterocycles. The zero-order chi connectivity index (χ0) is 27.4. The Morgan fingerprint density at radius 3 is 2.18 bits per heavy atom. The molecule has 1 N–H and O–H groups in total. The van der Waals surface area contributed by atoms with E-state index < -0.39 is 26.1 Å². The van der Waals surface area contributed by atoms with E-state index in [9.17, 15) is 30.3 Å². The monoisotopic (exact) mass is 517 g/mol. The van der Waals surface area contributed by atoms with Crippen molar-refractivity contribution in [3.63, 3.8) is 0 Å². The van der Waals surface area contributed by atoms with E-state index in [1.807, 2.05) is 24.5 Å². The van der Waals surface area contributed by atoms with Gasteiger partial charge in [0.2, 0.25) is 5.75 Å². The summed E-state index contributed by atoms with van der Waals surface area (Å²) < 4.78 is 7.61. The third-order valence-corrected chi connectivity index (χ3v) is 5.48. The van der Waals surface area contributed by atoms with Gasteiger partial charge in [-0.25, -0.2) is 4.98 Å². The second kappa shape index (κ2) is 10.5. The predicted octanol–water partition coefficient (Wildman–Crippen LogP) is 5.45. The molecule has 2 heterocycles. The molecule has 38 heavy (non-hydrogen) atoms. The number of nitro groups is 3. The van der Waals surface area contributed by atoms with Crippen LogP contribution in [0.15, 0.2) is 72.0 Å². The summed E-state index contributed by atoms with van der Waals surface area (Å²) in [4.78, 5) is 35.0. The summed E-state index contributed by atoms with van der Waals surface area (Å²) in [5.41, 5.74) is 5.11. The van der Waals surface area contributed by atoms with Crippen molar-refractivity contribution >= 4 is 29.1 Å². The van der Waals surface area contributed by atoms with Crippen LogP contribution in [0.3, 0.4) is 0 Å². The summed E-state index contributed by atoms with van der Waals surface area (Å²) in [6, 6.07) is 14.7. The maximum atomic E-state index is 11.4. The molecule has 0 unspecified atom stereocenters. The van der Waals surface area contributed by atoms with Crippen LogP contribution in [0.1, 0.15) is 17.0 Å². The molecule has 0 saturated carbocycles. The van der Waals surface area contributed by atoms with E-state index in [-0.39, 0.29) is 11.4 Å². The summed E-state index contributed by atoms with van der Waals surface area (Å²) in [6.45, 7) is 3.82. The Balaban J connectivity index is 1.50. The molecule has 14 heteroatoms. The topological polar surface area (TPSA) is 181 Å². The molecule has 2 aromatic heterocycles. The fourth-order valence-corrected chi connectivity index (χ4v) is 3.68. The second-order valence-corrected chi connectivity index (χ2v) is 7.95. The first-order valence-electron chi connectivity index (χ1n) is 10.9. The van der Waals surface area contributed by atoms with Crippen molar-refractivity contribution in [2.24, 2.45) is 5.10 Å². The number of pyridine rings is 1. The summed E-state index contributed by atoms with van der Waals surface area (Å²) in [5, 5.41) is 37.2. The minimum absolute atomic E-state index is 0.116. The first kappa shape index (κ1) is 25.4. The van der Waals surface area contributed by atoms with Crippen LogP contribution in [0.5, 0.6) is 11.5 Å². The second-order valence-electron chi connectivity index (χ2n) is 7.95. The number of aromatic nitrogens is 2. The molecule has 4 rings (SSSR count). The van der Waals surface area contributed by atoms with Crippen LogP contribution in [0.4, 0.5) is 22.9 Å². The Morgan fingerprint density at radius 2 is 1.58 bits per heavy atom. The Bertz CT molecular complexity index is 1560. The lowest BCUT2D eigenvalue weighted by Crippen LogP contribution is -2.00. The number of hydrogen-bond donors (Lipinski definition) is 1. The molecule has 14 nitrogen and oxygen atoms in total. The summed E-state index contributed by atoms with van der Waals surface area (Å²) in [5.74, 6) is 0.550. The lowest BCUT2D eigenvalue weighted by molar-refractivity contribution is -0.394. The Kier molecular flexibility index (Phi) is 7.05. The standard InChI is InChI=1S/C24H19N7O7/c1-15-11-17(13-26-27-24-10-6-20(14-25-24)30(34)35)16(2)28(15)18-3-7-21(8-4-18)38-23-9-5-19(29(32)33)12-22(23)31(36)37/h3-14H,1-2H3,(H,25,27). The van der Waals surface area contributed by atoms with Crippen LogP contribution in [0, 0.1) is 44.2 Å². The van der Waals surface area contributed by atoms with Crippen LogP contribution in [0.2, 0.25) is 0 Å². The molecular formula is C24H19N7O7. The fourth-order valence-electron chi connectivity index (χ4n) is 3.68. The Labute approximate surface area is 214 Å². The summed E-state index contributed by atoms with van der Waals surface area (Å²) in [6.07, 6.45) is 2.74. The third kappa shape index (κ3) is 5.43. The summed E-state index contributed by atoms with van der Waals surface area (Å²) in [7, 11) is 0. The van der Waals surface area contributed by atoms with Gasteiger partial charge in [0, 0.05) is 34.8 Å². The number of nitrogens with zero attached hydrogens (tertiary/aromatic N) is 6. The SMILES string of the molecule is Cc1cc(C=NNc2ccc([N+](=O)[O-])cn2)c(C)n1-c1ccc(Oc2ccc([N+](=O)[O-])cc2[N+](=O)[O-])cc1. The number of hydrogen-bond acceptors (Lipinski definition) is 10. The number of non-ortho nitro benzene ring substituents is 1. The molecule has 0 aliphatic carbocycles. The van der Waals surface area contributed by atoms with Crippen LogP contribution in [0.25, 0.3) is 5.69 Å². The molecule has 0 atom stereocenters. The minimum Gasteiger partial charge on any atom is -0.450 e. The maximum Gasteiger partial charge on any atom is 0.318 e. The number of anilines is 1. The van der Waals surface area contributed by atoms with Crippen molar-refractivity contribution in [3.05, 3.63) is 114 Å². The predicted molar refractivity (Wildman–Crippen MR) is 137 cm³/mol. The number of aryl methyl sites for hydroxylation is 1. The number of nitrogens with one attached hydrogen (secondary N) is 1. The van der Waals surface area contributed by atoms with E-state index in [2.05, 4.69) is 15.5 Å². The molecular weight excluding hydrogens is 498 g/mol. The first-order chi connectivity index (χ1) is 18.1. The quantitative estimate of drug-likeness (QED) is 0.171. The molecule has 0 spiro atoms. The van der Waals surface area contributed by atoms with Crippen molar-refractivity contribution in [2.75, 3.05) is 5.43 Å². The first-order valence-corrected chi connectivity index (χ1v) is 10.9. The van der Waals surface area contributed by atoms with E-state index in [0.717, 1.165) is 41.0 Å². The van der Waals surface area contributed by atoms with E-state index in [0.29, 0.717) is 11.6 Å². The van der Waals surface area contributed by atoms with E-state index in [4.69, 9.17) is 4.74 Å². The van der Waals surface area contributed by atoms with Gasteiger partial charge in [-0.1, -0.05) is 0 Å². The highest BCUT2D eigenvalue weighted by Gasteiger charge is 2.21. The van der Waals surface area contributed by atoms with Crippen LogP contribution < -0.4 is 10.2 Å². The Morgan fingerprint density at radius 1 is 0.895 bits per heavy atom. The smallest absolute Gasteiger partial charge is 0.318 e. The highest BCUT2D eigenvalue weighted by atomic mass is 16.6. The average molecular weight is 517 g/mol. The van der Waals surface area contributed by atoms with Gasteiger partial charge in [-0.05, 0) is 56.3 Å². The largest absolute Gasteiger partial charge is 0.450 e. The average Bonchev–Trinajstić information content (AvgIpc) is 3.17. The number of hydrazone groups is 1. The zero-order valence-electron chi connectivity index (χ0n) is 20.0. The maximum absolute atomic E-state index is 11.4. The van der Waals surface area contributed by atoms with Crippen LogP contribution in [-0.4, -0.2) is 30.5 Å². The highest BCUT2D eigenvalue weighted by molar-refractivity contribution is 5.82. The molecule has 4 aromatic rings. The van der Waals surface area contributed by atoms with Gasteiger partial charge in [0.15, 0.2) is 0 Å². The van der Waals surface area contributed by atoms with E-state index in [1.165, 1.54) is 18.2 Å². The van der Waals surface area contributed by atoms with Crippen molar-refractivity contribution in [1.29, 1.82) is 0 Å². The van der Waals surface area contributed by atoms with Gasteiger partial charge >= 0.3 is 5.69 Å². The fraction of sp³-hybridized carbons (Fsp3) is 0.0833. The van der Waals surface area contributed by atoms with Gasteiger partial charge in [0.05, 0.1) is 27.1 Å². The van der Waals surface area contributed by atoms with Gasteiger partial charge in [-0.2, -0.15) is 5.10 Å². The van der Waals surface area contributed by atoms with E-state index in [1.54, 1.807) is 30.5 Å². The normalized spacial score (nSPS) is 10.9. The number of rotatable bonds is 9. The molecule has 0 aliphatic rings. The zero-order valence-corrected chi connectivity index (χ0v) is 20.0. The van der Waals surface area contributed by atoms with Crippen LogP contribution in [-0.2, 0) is 0 Å². The van der Waals surface area contributed by atoms with Gasteiger partial charge in [0.1, 0.15) is 17.8 Å². The van der Waals surface area contributed by atoms with Gasteiger partial charge in [-0.15, -0.1) is 0 Å². The third-order valence-electron chi connectivity index (χ3n) is 5.48. The number of benzene rings is 2. The number of ether oxygens (including phenoxy) is 1. The lowest BCUT2D eigenvalue weighted by Gasteiger charge is -2.11. The molecule has 0 amide bonds. The van der Waals surface area contributed by atoms with Gasteiger partial charge < -0.3 is 9.30 Å². The Hall–Kier alpha value is -5.66. The van der Waals surface area contributed by atoms with Crippen molar-refractivity contribution in [1.82, 2.24) is 9.55 Å². The molecule has 2 aromatic carbocycles. The number of nitro benzene ring substituents is 2. The van der Waals surface area contributed by atoms with Crippen molar-refractivity contribution in [3.8, 4) is 17.2 Å². The summed E-state index contributed by atoms with van der Waals surface area (Å²) >= 11 is 0. The lowest BCUT2D eigenvalue weighted by atomic mass is 10.2. The highest BCUT2D eigenvalue weighted by Crippen LogP contribution is 2.34. The molecule has 192 valence electrons. The van der Waals surface area contributed by atoms with Gasteiger partial charge in [-0.3, -0.25) is 35.8 Å². The van der Waals surface area contributed by atoms with Crippen molar-refractivity contribution < 1.29 is 19.5 Å².